The summed E-state index contributed by atoms with van der Waals surface area (Å²) in [5.41, 5.74) is 1.76. The van der Waals surface area contributed by atoms with Crippen molar-refractivity contribution in [3.8, 4) is 5.75 Å². The molecule has 1 aliphatic rings. The highest BCUT2D eigenvalue weighted by Crippen LogP contribution is 2.47. The number of para-hydroxylation sites is 1. The summed E-state index contributed by atoms with van der Waals surface area (Å²) in [5, 5.41) is 14.4. The number of nitrogens with zero attached hydrogens (tertiary/aromatic N) is 2. The molecular weight excluding hydrogens is 500 g/mol. The van der Waals surface area contributed by atoms with Gasteiger partial charge in [-0.15, -0.1) is 11.8 Å². The number of esters is 1. The van der Waals surface area contributed by atoms with Crippen molar-refractivity contribution < 1.29 is 38.9 Å². The first-order chi connectivity index (χ1) is 17.4. The fourth-order valence-corrected chi connectivity index (χ4v) is 5.21. The van der Waals surface area contributed by atoms with Crippen LogP contribution < -0.4 is 9.64 Å². The van der Waals surface area contributed by atoms with E-state index in [0.29, 0.717) is 6.54 Å². The number of amides is 1. The summed E-state index contributed by atoms with van der Waals surface area (Å²) < 4.78 is 10.9. The molecule has 3 rings (SSSR count). The number of benzene rings is 2. The highest BCUT2D eigenvalue weighted by molar-refractivity contribution is 7.99. The summed E-state index contributed by atoms with van der Waals surface area (Å²) in [7, 11) is 5.65. The number of carboxylic acids is 2. The van der Waals surface area contributed by atoms with Crippen molar-refractivity contribution in [3.05, 3.63) is 54.1 Å². The predicted molar refractivity (Wildman–Crippen MR) is 139 cm³/mol. The number of carbonyl (C=O) groups is 4. The second-order valence-corrected chi connectivity index (χ2v) is 9.92. The number of hydrogen-bond donors (Lipinski definition) is 2. The third-order valence-corrected chi connectivity index (χ3v) is 6.66. The van der Waals surface area contributed by atoms with Gasteiger partial charge in [-0.1, -0.05) is 31.2 Å². The number of fused-ring (bicyclic) bond motifs is 1. The molecule has 0 aromatic heterocycles. The summed E-state index contributed by atoms with van der Waals surface area (Å²) in [6.45, 7) is 4.86. The lowest BCUT2D eigenvalue weighted by atomic mass is 10.0. The monoisotopic (exact) mass is 532 g/mol. The first-order valence-corrected chi connectivity index (χ1v) is 12.3. The van der Waals surface area contributed by atoms with Crippen molar-refractivity contribution in [3.63, 3.8) is 0 Å². The number of hydrogen-bond acceptors (Lipinski definition) is 8. The fraction of sp³-hybridized carbons (Fsp3) is 0.385. The van der Waals surface area contributed by atoms with E-state index in [2.05, 4.69) is 11.8 Å². The highest BCUT2D eigenvalue weighted by atomic mass is 32.2. The molecule has 0 spiro atoms. The van der Waals surface area contributed by atoms with Gasteiger partial charge < -0.3 is 29.5 Å². The average molecular weight is 533 g/mol. The second-order valence-electron chi connectivity index (χ2n) is 8.74. The first kappa shape index (κ1) is 29.7. The summed E-state index contributed by atoms with van der Waals surface area (Å²) >= 11 is 1.55. The standard InChI is InChI=1S/C24H30N2O4S.C2H2O4/c1-16(14-25(3)4)15-26-20-8-6-7-9-21(20)31-23(22(24(26)28)30-17(2)27)18-10-12-19(29-5)13-11-18;3-1(4)2(5)6/h6-13,16,22-23H,14-15H2,1-5H3;(H,3,4)(H,5,6)/t16?,22-,23+;/m1./s1. The molecule has 11 heteroatoms. The molecule has 0 saturated heterocycles. The zero-order chi connectivity index (χ0) is 27.7. The van der Waals surface area contributed by atoms with Gasteiger partial charge in [0.1, 0.15) is 5.75 Å². The molecule has 2 N–H and O–H groups in total. The van der Waals surface area contributed by atoms with E-state index in [-0.39, 0.29) is 17.1 Å². The lowest BCUT2D eigenvalue weighted by molar-refractivity contribution is -0.159. The highest BCUT2D eigenvalue weighted by Gasteiger charge is 2.41. The van der Waals surface area contributed by atoms with E-state index in [4.69, 9.17) is 29.3 Å². The maximum absolute atomic E-state index is 13.8. The van der Waals surface area contributed by atoms with Gasteiger partial charge >= 0.3 is 17.9 Å². The Balaban J connectivity index is 0.000000717. The summed E-state index contributed by atoms with van der Waals surface area (Å²) in [6.07, 6.45) is -0.921. The van der Waals surface area contributed by atoms with Crippen LogP contribution in [-0.2, 0) is 23.9 Å². The molecule has 0 aliphatic carbocycles. The van der Waals surface area contributed by atoms with Crippen LogP contribution in [0.4, 0.5) is 5.69 Å². The minimum absolute atomic E-state index is 0.195. The van der Waals surface area contributed by atoms with E-state index in [1.54, 1.807) is 23.8 Å². The number of methoxy groups -OCH3 is 1. The number of rotatable bonds is 7. The lowest BCUT2D eigenvalue weighted by Gasteiger charge is -2.30. The number of ether oxygens (including phenoxy) is 2. The third kappa shape index (κ3) is 8.50. The van der Waals surface area contributed by atoms with Gasteiger partial charge in [0.05, 0.1) is 18.0 Å². The molecule has 3 atom stereocenters. The zero-order valence-corrected chi connectivity index (χ0v) is 22.2. The predicted octanol–water partition coefficient (Wildman–Crippen LogP) is 3.16. The summed E-state index contributed by atoms with van der Waals surface area (Å²) in [4.78, 5) is 48.8. The molecule has 1 amide bonds. The third-order valence-electron chi connectivity index (χ3n) is 5.29. The smallest absolute Gasteiger partial charge is 0.414 e. The number of anilines is 1. The van der Waals surface area contributed by atoms with E-state index < -0.39 is 24.0 Å². The maximum Gasteiger partial charge on any atom is 0.414 e. The first-order valence-electron chi connectivity index (χ1n) is 11.4. The van der Waals surface area contributed by atoms with E-state index in [1.807, 2.05) is 62.6 Å². The van der Waals surface area contributed by atoms with Crippen LogP contribution in [0.15, 0.2) is 53.4 Å². The van der Waals surface area contributed by atoms with Crippen LogP contribution in [0.1, 0.15) is 24.7 Å². The van der Waals surface area contributed by atoms with Gasteiger partial charge in [0.25, 0.3) is 5.91 Å². The van der Waals surface area contributed by atoms with Crippen molar-refractivity contribution in [1.82, 2.24) is 4.90 Å². The average Bonchev–Trinajstić information content (AvgIpc) is 2.94. The fourth-order valence-electron chi connectivity index (χ4n) is 3.89. The van der Waals surface area contributed by atoms with Gasteiger partial charge in [0, 0.05) is 24.9 Å². The Morgan fingerprint density at radius 2 is 1.65 bits per heavy atom. The van der Waals surface area contributed by atoms with Crippen LogP contribution in [0.5, 0.6) is 5.75 Å². The van der Waals surface area contributed by atoms with Crippen molar-refractivity contribution in [2.75, 3.05) is 39.2 Å². The zero-order valence-electron chi connectivity index (χ0n) is 21.4. The van der Waals surface area contributed by atoms with Crippen molar-refractivity contribution in [2.24, 2.45) is 5.92 Å². The molecule has 0 bridgehead atoms. The topological polar surface area (TPSA) is 134 Å². The Hall–Kier alpha value is -3.57. The van der Waals surface area contributed by atoms with E-state index in [9.17, 15) is 9.59 Å². The maximum atomic E-state index is 13.8. The Morgan fingerprint density at radius 3 is 2.16 bits per heavy atom. The van der Waals surface area contributed by atoms with Gasteiger partial charge in [-0.05, 0) is 49.8 Å². The van der Waals surface area contributed by atoms with Crippen molar-refractivity contribution >= 4 is 41.3 Å². The van der Waals surface area contributed by atoms with Gasteiger partial charge in [-0.25, -0.2) is 9.59 Å². The Morgan fingerprint density at radius 1 is 1.05 bits per heavy atom. The molecule has 200 valence electrons. The molecule has 0 radical (unpaired) electrons. The minimum atomic E-state index is -1.82. The van der Waals surface area contributed by atoms with Crippen LogP contribution in [0.3, 0.4) is 0 Å². The largest absolute Gasteiger partial charge is 0.497 e. The van der Waals surface area contributed by atoms with E-state index >= 15 is 0 Å². The van der Waals surface area contributed by atoms with Crippen LogP contribution in [0.25, 0.3) is 0 Å². The lowest BCUT2D eigenvalue weighted by Crippen LogP contribution is -2.45. The summed E-state index contributed by atoms with van der Waals surface area (Å²) in [5.74, 6) is -3.33. The molecule has 37 heavy (non-hydrogen) atoms. The molecule has 2 aromatic carbocycles. The molecule has 0 saturated carbocycles. The number of carboxylic acid groups (broad SMARTS) is 2. The minimum Gasteiger partial charge on any atom is -0.497 e. The van der Waals surface area contributed by atoms with Gasteiger partial charge in [-0.2, -0.15) is 0 Å². The molecule has 0 fully saturated rings. The van der Waals surface area contributed by atoms with Gasteiger partial charge in [-0.3, -0.25) is 9.59 Å². The molecule has 1 unspecified atom stereocenters. The van der Waals surface area contributed by atoms with Crippen LogP contribution >= 0.6 is 11.8 Å². The SMILES string of the molecule is COc1ccc([C@@H]2Sc3ccccc3N(CC(C)CN(C)C)C(=O)[C@@H]2OC(C)=O)cc1.O=C(O)C(=O)O. The molecular formula is C26H32N2O8S. The Labute approximate surface area is 220 Å². The normalized spacial score (nSPS) is 17.6. The number of aliphatic carboxylic acids is 2. The molecule has 2 aromatic rings. The van der Waals surface area contributed by atoms with Gasteiger partial charge in [0.15, 0.2) is 6.10 Å². The quantitative estimate of drug-likeness (QED) is 0.405. The Kier molecular flexibility index (Phi) is 10.9. The molecule has 1 aliphatic heterocycles. The van der Waals surface area contributed by atoms with Crippen LogP contribution in [0.2, 0.25) is 0 Å². The molecule has 1 heterocycles. The number of carbonyl (C=O) groups excluding carboxylic acids is 2. The number of thioether (sulfide) groups is 1. The van der Waals surface area contributed by atoms with E-state index in [1.165, 1.54) is 6.92 Å². The molecule has 10 nitrogen and oxygen atoms in total. The van der Waals surface area contributed by atoms with Crippen LogP contribution in [-0.4, -0.2) is 79.3 Å². The Bertz CT molecular complexity index is 1090. The summed E-state index contributed by atoms with van der Waals surface area (Å²) in [6, 6.07) is 15.4. The second kappa shape index (κ2) is 13.7. The van der Waals surface area contributed by atoms with Crippen LogP contribution in [0, 0.1) is 5.92 Å². The van der Waals surface area contributed by atoms with Crippen molar-refractivity contribution in [1.29, 1.82) is 0 Å². The van der Waals surface area contributed by atoms with Gasteiger partial charge in [0.2, 0.25) is 0 Å². The van der Waals surface area contributed by atoms with Crippen molar-refractivity contribution in [2.45, 2.75) is 30.1 Å². The van der Waals surface area contributed by atoms with E-state index in [0.717, 1.165) is 28.4 Å².